The van der Waals surface area contributed by atoms with Crippen molar-refractivity contribution in [1.82, 2.24) is 5.32 Å². The Hall–Kier alpha value is -0.940. The quantitative estimate of drug-likeness (QED) is 0.725. The molecule has 2 rings (SSSR count). The second-order valence-electron chi connectivity index (χ2n) is 3.69. The van der Waals surface area contributed by atoms with Gasteiger partial charge in [-0.3, -0.25) is 9.59 Å². The van der Waals surface area contributed by atoms with Crippen LogP contribution in [0.15, 0.2) is 22.8 Å². The molecule has 1 aliphatic heterocycles. The highest BCUT2D eigenvalue weighted by Crippen LogP contribution is 2.43. The summed E-state index contributed by atoms with van der Waals surface area (Å²) >= 11 is 7.40. The predicted octanol–water partition coefficient (Wildman–Crippen LogP) is 0.523. The van der Waals surface area contributed by atoms with Gasteiger partial charge in [0.05, 0.1) is 6.04 Å². The Morgan fingerprint density at radius 2 is 2.38 bits per heavy atom. The molecule has 0 saturated carbocycles. The Morgan fingerprint density at radius 3 is 3.00 bits per heavy atom. The van der Waals surface area contributed by atoms with Gasteiger partial charge in [-0.05, 0) is 18.1 Å². The number of hydrogen-bond donors (Lipinski definition) is 2. The zero-order valence-electron chi connectivity index (χ0n) is 8.35. The SMILES string of the molecule is NC(=O)C1SC2CC(Cl)=CC=C2C1NC=O. The number of fused-ring (bicyclic) bond motifs is 1. The summed E-state index contributed by atoms with van der Waals surface area (Å²) in [6.45, 7) is 0. The Kier molecular flexibility index (Phi) is 3.25. The summed E-state index contributed by atoms with van der Waals surface area (Å²) in [5.74, 6) is -0.407. The first kappa shape index (κ1) is 11.5. The lowest BCUT2D eigenvalue weighted by Gasteiger charge is -2.18. The van der Waals surface area contributed by atoms with E-state index < -0.39 is 11.2 Å². The Labute approximate surface area is 102 Å². The van der Waals surface area contributed by atoms with Crippen molar-refractivity contribution < 1.29 is 9.59 Å². The van der Waals surface area contributed by atoms with Crippen molar-refractivity contribution in [1.29, 1.82) is 0 Å². The van der Waals surface area contributed by atoms with E-state index in [4.69, 9.17) is 17.3 Å². The lowest BCUT2D eigenvalue weighted by molar-refractivity contribution is -0.117. The first-order valence-corrected chi connectivity index (χ1v) is 6.16. The minimum Gasteiger partial charge on any atom is -0.369 e. The summed E-state index contributed by atoms with van der Waals surface area (Å²) in [6.07, 6.45) is 4.97. The number of hydrogen-bond acceptors (Lipinski definition) is 3. The minimum atomic E-state index is -0.407. The number of rotatable bonds is 3. The van der Waals surface area contributed by atoms with Gasteiger partial charge in [-0.2, -0.15) is 0 Å². The topological polar surface area (TPSA) is 72.2 Å². The second kappa shape index (κ2) is 4.51. The molecule has 0 radical (unpaired) electrons. The fourth-order valence-electron chi connectivity index (χ4n) is 2.01. The van der Waals surface area contributed by atoms with Crippen LogP contribution in [0.1, 0.15) is 6.42 Å². The molecule has 0 bridgehead atoms. The van der Waals surface area contributed by atoms with Crippen LogP contribution in [0.2, 0.25) is 0 Å². The molecule has 2 aliphatic rings. The fourth-order valence-corrected chi connectivity index (χ4v) is 3.85. The van der Waals surface area contributed by atoms with Crippen molar-refractivity contribution in [2.75, 3.05) is 0 Å². The van der Waals surface area contributed by atoms with Gasteiger partial charge in [0.1, 0.15) is 5.25 Å². The molecule has 3 unspecified atom stereocenters. The van der Waals surface area contributed by atoms with E-state index in [1.54, 1.807) is 6.08 Å². The Balaban J connectivity index is 2.27. The molecule has 1 fully saturated rings. The lowest BCUT2D eigenvalue weighted by atomic mass is 9.95. The number of amides is 2. The Bertz CT molecular complexity index is 394. The van der Waals surface area contributed by atoms with Gasteiger partial charge in [0.25, 0.3) is 0 Å². The molecule has 1 aliphatic carbocycles. The first-order valence-electron chi connectivity index (χ1n) is 4.84. The first-order chi connectivity index (χ1) is 7.63. The van der Waals surface area contributed by atoms with Crippen LogP contribution in [0, 0.1) is 0 Å². The third-order valence-electron chi connectivity index (χ3n) is 2.71. The highest BCUT2D eigenvalue weighted by atomic mass is 35.5. The van der Waals surface area contributed by atoms with E-state index in [1.807, 2.05) is 6.08 Å². The largest absolute Gasteiger partial charge is 0.369 e. The van der Waals surface area contributed by atoms with Crippen LogP contribution in [0.25, 0.3) is 0 Å². The number of nitrogens with two attached hydrogens (primary N) is 1. The smallest absolute Gasteiger partial charge is 0.233 e. The van der Waals surface area contributed by atoms with Gasteiger partial charge in [0, 0.05) is 10.3 Å². The third kappa shape index (κ3) is 1.97. The number of carbonyl (C=O) groups excluding carboxylic acids is 2. The van der Waals surface area contributed by atoms with Crippen LogP contribution < -0.4 is 11.1 Å². The van der Waals surface area contributed by atoms with Crippen molar-refractivity contribution in [2.45, 2.75) is 23.0 Å². The third-order valence-corrected chi connectivity index (χ3v) is 4.55. The van der Waals surface area contributed by atoms with Gasteiger partial charge < -0.3 is 11.1 Å². The molecule has 0 aromatic carbocycles. The number of carbonyl (C=O) groups is 2. The highest BCUT2D eigenvalue weighted by molar-refractivity contribution is 8.01. The average molecular weight is 259 g/mol. The van der Waals surface area contributed by atoms with Crippen molar-refractivity contribution in [3.8, 4) is 0 Å². The summed E-state index contributed by atoms with van der Waals surface area (Å²) in [4.78, 5) is 21.8. The number of nitrogens with one attached hydrogen (secondary N) is 1. The van der Waals surface area contributed by atoms with E-state index in [9.17, 15) is 9.59 Å². The summed E-state index contributed by atoms with van der Waals surface area (Å²) in [7, 11) is 0. The Morgan fingerprint density at radius 1 is 1.62 bits per heavy atom. The number of thioether (sulfide) groups is 1. The van der Waals surface area contributed by atoms with Gasteiger partial charge in [0.15, 0.2) is 0 Å². The standard InChI is InChI=1S/C10H11ClN2O2S/c11-5-1-2-6-7(3-5)16-9(10(12)15)8(6)13-4-14/h1-2,4,7-9H,3H2,(H2,12,15)(H,13,14). The maximum Gasteiger partial charge on any atom is 0.233 e. The van der Waals surface area contributed by atoms with E-state index in [-0.39, 0.29) is 11.3 Å². The number of halogens is 1. The van der Waals surface area contributed by atoms with E-state index in [0.29, 0.717) is 12.8 Å². The molecular weight excluding hydrogens is 248 g/mol. The van der Waals surface area contributed by atoms with E-state index >= 15 is 0 Å². The molecule has 0 spiro atoms. The van der Waals surface area contributed by atoms with Crippen LogP contribution in [0.3, 0.4) is 0 Å². The molecule has 0 aromatic rings. The maximum absolute atomic E-state index is 11.3. The van der Waals surface area contributed by atoms with E-state index in [2.05, 4.69) is 5.32 Å². The molecule has 0 aromatic heterocycles. The molecule has 86 valence electrons. The maximum atomic E-state index is 11.3. The molecule has 4 nitrogen and oxygen atoms in total. The molecule has 2 amide bonds. The number of allylic oxidation sites excluding steroid dienone is 3. The monoisotopic (exact) mass is 258 g/mol. The molecule has 1 heterocycles. The van der Waals surface area contributed by atoms with Gasteiger partial charge in [-0.1, -0.05) is 17.7 Å². The van der Waals surface area contributed by atoms with Crippen molar-refractivity contribution in [2.24, 2.45) is 5.73 Å². The zero-order valence-corrected chi connectivity index (χ0v) is 9.92. The van der Waals surface area contributed by atoms with Crippen LogP contribution in [0.5, 0.6) is 0 Å². The predicted molar refractivity (Wildman–Crippen MR) is 64.0 cm³/mol. The molecule has 1 saturated heterocycles. The molecule has 16 heavy (non-hydrogen) atoms. The van der Waals surface area contributed by atoms with Gasteiger partial charge in [-0.25, -0.2) is 0 Å². The molecule has 3 N–H and O–H groups in total. The van der Waals surface area contributed by atoms with Gasteiger partial charge in [-0.15, -0.1) is 11.8 Å². The van der Waals surface area contributed by atoms with Crippen LogP contribution in [-0.2, 0) is 9.59 Å². The number of primary amides is 1. The van der Waals surface area contributed by atoms with Crippen molar-refractivity contribution in [3.05, 3.63) is 22.8 Å². The molecule has 6 heteroatoms. The van der Waals surface area contributed by atoms with Crippen LogP contribution in [-0.4, -0.2) is 28.9 Å². The minimum absolute atomic E-state index is 0.146. The van der Waals surface area contributed by atoms with Crippen molar-refractivity contribution >= 4 is 35.7 Å². The van der Waals surface area contributed by atoms with E-state index in [1.165, 1.54) is 11.8 Å². The second-order valence-corrected chi connectivity index (χ2v) is 5.53. The normalized spacial score (nSPS) is 32.4. The fraction of sp³-hybridized carbons (Fsp3) is 0.400. The average Bonchev–Trinajstić information content (AvgIpc) is 2.57. The highest BCUT2D eigenvalue weighted by Gasteiger charge is 2.43. The zero-order chi connectivity index (χ0) is 11.7. The van der Waals surface area contributed by atoms with Crippen LogP contribution in [0.4, 0.5) is 0 Å². The van der Waals surface area contributed by atoms with E-state index in [0.717, 1.165) is 10.6 Å². The summed E-state index contributed by atoms with van der Waals surface area (Å²) in [5, 5.41) is 3.15. The van der Waals surface area contributed by atoms with Crippen molar-refractivity contribution in [3.63, 3.8) is 0 Å². The summed E-state index contributed by atoms with van der Waals surface area (Å²) in [6, 6.07) is -0.300. The van der Waals surface area contributed by atoms with Gasteiger partial charge in [0.2, 0.25) is 12.3 Å². The van der Waals surface area contributed by atoms with Crippen LogP contribution >= 0.6 is 23.4 Å². The molecular formula is C10H11ClN2O2S. The summed E-state index contributed by atoms with van der Waals surface area (Å²) < 4.78 is 0. The van der Waals surface area contributed by atoms with Gasteiger partial charge >= 0.3 is 0 Å². The lowest BCUT2D eigenvalue weighted by Crippen LogP contribution is -2.42. The molecule has 3 atom stereocenters. The summed E-state index contributed by atoms with van der Waals surface area (Å²) in [5.41, 5.74) is 6.33.